The molecule has 0 saturated carbocycles. The number of para-hydroxylation sites is 1. The Labute approximate surface area is 117 Å². The van der Waals surface area contributed by atoms with E-state index in [0.717, 1.165) is 5.75 Å². The van der Waals surface area contributed by atoms with Crippen LogP contribution in [0.3, 0.4) is 0 Å². The predicted octanol–water partition coefficient (Wildman–Crippen LogP) is 1.80. The van der Waals surface area contributed by atoms with Gasteiger partial charge in [0.2, 0.25) is 5.91 Å². The minimum absolute atomic E-state index is 0.353. The molecule has 0 aliphatic carbocycles. The molecule has 0 aliphatic heterocycles. The Morgan fingerprint density at radius 1 is 1.40 bits per heavy atom. The highest BCUT2D eigenvalue weighted by Crippen LogP contribution is 2.12. The van der Waals surface area contributed by atoms with Crippen LogP contribution < -0.4 is 15.8 Å². The van der Waals surface area contributed by atoms with Crippen molar-refractivity contribution in [1.82, 2.24) is 5.32 Å². The number of nitrogens with two attached hydrogens (primary N) is 1. The number of alkyl halides is 2. The third-order valence-electron chi connectivity index (χ3n) is 2.83. The number of hydrogen-bond acceptors (Lipinski definition) is 3. The first kappa shape index (κ1) is 16.4. The lowest BCUT2D eigenvalue weighted by Gasteiger charge is -2.17. The maximum Gasteiger partial charge on any atom is 0.277 e. The van der Waals surface area contributed by atoms with E-state index in [2.05, 4.69) is 5.32 Å². The van der Waals surface area contributed by atoms with Gasteiger partial charge < -0.3 is 15.8 Å². The fourth-order valence-electron chi connectivity index (χ4n) is 1.46. The van der Waals surface area contributed by atoms with Crippen molar-refractivity contribution < 1.29 is 18.3 Å². The predicted molar refractivity (Wildman–Crippen MR) is 72.7 cm³/mol. The fourth-order valence-corrected chi connectivity index (χ4v) is 1.46. The molecule has 1 aromatic rings. The van der Waals surface area contributed by atoms with Crippen LogP contribution in [0.2, 0.25) is 0 Å². The molecule has 0 spiro atoms. The summed E-state index contributed by atoms with van der Waals surface area (Å²) in [5.41, 5.74) is 4.89. The molecule has 0 radical (unpaired) electrons. The van der Waals surface area contributed by atoms with Crippen LogP contribution >= 0.6 is 0 Å². The first-order valence-electron chi connectivity index (χ1n) is 6.48. The van der Waals surface area contributed by atoms with E-state index in [9.17, 15) is 13.6 Å². The molecule has 1 atom stereocenters. The van der Waals surface area contributed by atoms with Crippen LogP contribution in [-0.4, -0.2) is 31.5 Å². The molecule has 0 aliphatic rings. The minimum Gasteiger partial charge on any atom is -0.494 e. The molecule has 1 rings (SSSR count). The van der Waals surface area contributed by atoms with Gasteiger partial charge >= 0.3 is 0 Å². The zero-order valence-corrected chi connectivity index (χ0v) is 11.4. The van der Waals surface area contributed by atoms with Crippen molar-refractivity contribution in [3.8, 4) is 5.75 Å². The topological polar surface area (TPSA) is 64.3 Å². The molecule has 0 saturated heterocycles. The maximum absolute atomic E-state index is 12.9. The number of rotatable bonds is 8. The molecule has 1 aromatic carbocycles. The number of amides is 1. The Balaban J connectivity index is 2.25. The lowest BCUT2D eigenvalue weighted by Crippen LogP contribution is -2.43. The summed E-state index contributed by atoms with van der Waals surface area (Å²) in [6.07, 6.45) is 0.453. The molecule has 3 N–H and O–H groups in total. The summed E-state index contributed by atoms with van der Waals surface area (Å²) >= 11 is 0. The van der Waals surface area contributed by atoms with Crippen LogP contribution in [0.5, 0.6) is 5.75 Å². The number of ether oxygens (including phenoxy) is 1. The third-order valence-corrected chi connectivity index (χ3v) is 2.83. The highest BCUT2D eigenvalue weighted by atomic mass is 19.3. The van der Waals surface area contributed by atoms with Crippen molar-refractivity contribution >= 4 is 5.91 Å². The molecule has 1 unspecified atom stereocenters. The molecular weight excluding hydrogens is 266 g/mol. The summed E-state index contributed by atoms with van der Waals surface area (Å²) in [7, 11) is 0. The Morgan fingerprint density at radius 3 is 2.65 bits per heavy atom. The summed E-state index contributed by atoms with van der Waals surface area (Å²) in [6.45, 7) is 0.515. The van der Waals surface area contributed by atoms with Crippen LogP contribution in [0.1, 0.15) is 13.3 Å². The highest BCUT2D eigenvalue weighted by molar-refractivity contribution is 5.78. The first-order chi connectivity index (χ1) is 9.44. The van der Waals surface area contributed by atoms with Crippen LogP contribution in [0.4, 0.5) is 8.78 Å². The summed E-state index contributed by atoms with van der Waals surface area (Å²) in [5, 5.41) is 2.20. The standard InChI is InChI=1S/C14H20F2N2O2/c1-11(13(19)18-10-14(15,16)9-17)7-8-20-12-5-3-2-4-6-12/h2-6,11H,7-10,17H2,1H3,(H,18,19). The van der Waals surface area contributed by atoms with Crippen molar-refractivity contribution in [3.05, 3.63) is 30.3 Å². The summed E-state index contributed by atoms with van der Waals surface area (Å²) in [5.74, 6) is -3.16. The van der Waals surface area contributed by atoms with E-state index in [-0.39, 0.29) is 0 Å². The summed E-state index contributed by atoms with van der Waals surface area (Å²) in [6, 6.07) is 9.19. The second-order valence-corrected chi connectivity index (χ2v) is 4.63. The monoisotopic (exact) mass is 286 g/mol. The van der Waals surface area contributed by atoms with Gasteiger partial charge in [0.05, 0.1) is 19.7 Å². The Hall–Kier alpha value is -1.69. The van der Waals surface area contributed by atoms with Gasteiger partial charge in [-0.3, -0.25) is 4.79 Å². The van der Waals surface area contributed by atoms with Crippen molar-refractivity contribution in [1.29, 1.82) is 0 Å². The minimum atomic E-state index is -3.06. The summed E-state index contributed by atoms with van der Waals surface area (Å²) < 4.78 is 31.2. The average Bonchev–Trinajstić information content (AvgIpc) is 2.46. The van der Waals surface area contributed by atoms with Gasteiger partial charge in [-0.05, 0) is 18.6 Å². The number of nitrogens with one attached hydrogen (secondary N) is 1. The van der Waals surface area contributed by atoms with Crippen molar-refractivity contribution in [2.24, 2.45) is 11.7 Å². The van der Waals surface area contributed by atoms with E-state index in [1.54, 1.807) is 6.92 Å². The van der Waals surface area contributed by atoms with Crippen LogP contribution in [0.15, 0.2) is 30.3 Å². The maximum atomic E-state index is 12.9. The molecule has 20 heavy (non-hydrogen) atoms. The molecule has 0 aromatic heterocycles. The van der Waals surface area contributed by atoms with Gasteiger partial charge in [0, 0.05) is 5.92 Å². The first-order valence-corrected chi connectivity index (χ1v) is 6.48. The molecule has 0 fully saturated rings. The van der Waals surface area contributed by atoms with Crippen LogP contribution in [-0.2, 0) is 4.79 Å². The van der Waals surface area contributed by atoms with E-state index in [4.69, 9.17) is 10.5 Å². The number of benzene rings is 1. The Bertz CT molecular complexity index is 413. The van der Waals surface area contributed by atoms with Gasteiger partial charge in [-0.15, -0.1) is 0 Å². The Kier molecular flexibility index (Phi) is 6.38. The van der Waals surface area contributed by atoms with Gasteiger partial charge in [-0.1, -0.05) is 25.1 Å². The molecule has 112 valence electrons. The van der Waals surface area contributed by atoms with Crippen molar-refractivity contribution in [3.63, 3.8) is 0 Å². The molecule has 0 bridgehead atoms. The molecule has 0 heterocycles. The lowest BCUT2D eigenvalue weighted by molar-refractivity contribution is -0.126. The van der Waals surface area contributed by atoms with E-state index in [0.29, 0.717) is 13.0 Å². The number of carbonyl (C=O) groups is 1. The average molecular weight is 286 g/mol. The normalized spacial score (nSPS) is 12.8. The SMILES string of the molecule is CC(CCOc1ccccc1)C(=O)NCC(F)(F)CN. The second-order valence-electron chi connectivity index (χ2n) is 4.63. The van der Waals surface area contributed by atoms with Gasteiger partial charge in [-0.2, -0.15) is 0 Å². The second kappa shape index (κ2) is 7.79. The van der Waals surface area contributed by atoms with E-state index < -0.39 is 30.8 Å². The number of hydrogen-bond donors (Lipinski definition) is 2. The van der Waals surface area contributed by atoms with Gasteiger partial charge in [0.15, 0.2) is 0 Å². The van der Waals surface area contributed by atoms with Gasteiger partial charge in [0.1, 0.15) is 5.75 Å². The quantitative estimate of drug-likeness (QED) is 0.766. The largest absolute Gasteiger partial charge is 0.494 e. The number of carbonyl (C=O) groups excluding carboxylic acids is 1. The molecule has 1 amide bonds. The number of halogens is 2. The molecule has 6 heteroatoms. The van der Waals surface area contributed by atoms with E-state index in [1.165, 1.54) is 0 Å². The van der Waals surface area contributed by atoms with Crippen LogP contribution in [0.25, 0.3) is 0 Å². The van der Waals surface area contributed by atoms with E-state index in [1.807, 2.05) is 30.3 Å². The smallest absolute Gasteiger partial charge is 0.277 e. The van der Waals surface area contributed by atoms with Gasteiger partial charge in [0.25, 0.3) is 5.92 Å². The van der Waals surface area contributed by atoms with Crippen LogP contribution in [0, 0.1) is 5.92 Å². The molecule has 4 nitrogen and oxygen atoms in total. The lowest BCUT2D eigenvalue weighted by atomic mass is 10.1. The van der Waals surface area contributed by atoms with Crippen molar-refractivity contribution in [2.75, 3.05) is 19.7 Å². The highest BCUT2D eigenvalue weighted by Gasteiger charge is 2.28. The van der Waals surface area contributed by atoms with E-state index >= 15 is 0 Å². The van der Waals surface area contributed by atoms with Gasteiger partial charge in [-0.25, -0.2) is 8.78 Å². The Morgan fingerprint density at radius 2 is 2.05 bits per heavy atom. The fraction of sp³-hybridized carbons (Fsp3) is 0.500. The zero-order chi connectivity index (χ0) is 15.0. The molecular formula is C14H20F2N2O2. The third kappa shape index (κ3) is 5.97. The zero-order valence-electron chi connectivity index (χ0n) is 11.4. The summed E-state index contributed by atoms with van der Waals surface area (Å²) in [4.78, 5) is 11.6. The van der Waals surface area contributed by atoms with Crippen molar-refractivity contribution in [2.45, 2.75) is 19.3 Å².